The molecule has 5 nitrogen and oxygen atoms in total. The van der Waals surface area contributed by atoms with E-state index in [-0.39, 0.29) is 5.91 Å². The number of nitrogens with zero attached hydrogens (tertiary/aromatic N) is 2. The predicted molar refractivity (Wildman–Crippen MR) is 55.2 cm³/mol. The molecule has 2 aliphatic rings. The van der Waals surface area contributed by atoms with E-state index >= 15 is 0 Å². The Labute approximate surface area is 89.4 Å². The minimum Gasteiger partial charge on any atom is -0.344 e. The molecule has 2 fully saturated rings. The van der Waals surface area contributed by atoms with E-state index in [0.717, 1.165) is 39.0 Å². The third-order valence-electron chi connectivity index (χ3n) is 3.17. The summed E-state index contributed by atoms with van der Waals surface area (Å²) in [5.41, 5.74) is 0. The third kappa shape index (κ3) is 2.28. The zero-order chi connectivity index (χ0) is 10.8. The van der Waals surface area contributed by atoms with Crippen LogP contribution >= 0.6 is 0 Å². The van der Waals surface area contributed by atoms with Crippen LogP contribution in [0.5, 0.6) is 0 Å². The Morgan fingerprint density at radius 2 is 2.07 bits per heavy atom. The fourth-order valence-corrected chi connectivity index (χ4v) is 2.19. The largest absolute Gasteiger partial charge is 0.344 e. The number of nitrogens with one attached hydrogen (secondary N) is 1. The molecule has 2 heterocycles. The van der Waals surface area contributed by atoms with Crippen LogP contribution in [0.2, 0.25) is 0 Å². The van der Waals surface area contributed by atoms with Crippen LogP contribution in [0.25, 0.3) is 0 Å². The average Bonchev–Trinajstić information content (AvgIpc) is 2.57. The number of hydrogen-bond acceptors (Lipinski definition) is 3. The zero-order valence-corrected chi connectivity index (χ0v) is 8.98. The summed E-state index contributed by atoms with van der Waals surface area (Å²) in [6.07, 6.45) is 1.93. The van der Waals surface area contributed by atoms with Gasteiger partial charge in [-0.1, -0.05) is 0 Å². The van der Waals surface area contributed by atoms with E-state index in [4.69, 9.17) is 0 Å². The van der Waals surface area contributed by atoms with Crippen LogP contribution in [0.3, 0.4) is 0 Å². The lowest BCUT2D eigenvalue weighted by Gasteiger charge is -2.40. The molecule has 0 aromatic heterocycles. The summed E-state index contributed by atoms with van der Waals surface area (Å²) in [4.78, 5) is 25.1. The SMILES string of the molecule is CC(=O)N1CC(NC2CCN(C=O)C2)C1. The second kappa shape index (κ2) is 4.18. The van der Waals surface area contributed by atoms with Gasteiger partial charge in [0.1, 0.15) is 0 Å². The van der Waals surface area contributed by atoms with Crippen molar-refractivity contribution in [3.8, 4) is 0 Å². The summed E-state index contributed by atoms with van der Waals surface area (Å²) in [6.45, 7) is 4.88. The van der Waals surface area contributed by atoms with Gasteiger partial charge in [0.15, 0.2) is 0 Å². The maximum atomic E-state index is 11.0. The van der Waals surface area contributed by atoms with Gasteiger partial charge >= 0.3 is 0 Å². The number of amides is 2. The molecule has 1 N–H and O–H groups in total. The van der Waals surface area contributed by atoms with Gasteiger partial charge in [-0.2, -0.15) is 0 Å². The van der Waals surface area contributed by atoms with Crippen LogP contribution in [-0.2, 0) is 9.59 Å². The molecule has 84 valence electrons. The maximum absolute atomic E-state index is 11.0. The van der Waals surface area contributed by atoms with E-state index in [1.54, 1.807) is 11.8 Å². The maximum Gasteiger partial charge on any atom is 0.219 e. The highest BCUT2D eigenvalue weighted by Gasteiger charge is 2.31. The molecule has 2 rings (SSSR count). The van der Waals surface area contributed by atoms with Crippen molar-refractivity contribution in [1.29, 1.82) is 0 Å². The summed E-state index contributed by atoms with van der Waals surface area (Å²) >= 11 is 0. The lowest BCUT2D eigenvalue weighted by molar-refractivity contribution is -0.133. The number of carbonyl (C=O) groups excluding carboxylic acids is 2. The molecule has 2 saturated heterocycles. The van der Waals surface area contributed by atoms with E-state index < -0.39 is 0 Å². The topological polar surface area (TPSA) is 52.7 Å². The van der Waals surface area contributed by atoms with Crippen molar-refractivity contribution >= 4 is 12.3 Å². The summed E-state index contributed by atoms with van der Waals surface area (Å²) in [6, 6.07) is 0.833. The van der Waals surface area contributed by atoms with Crippen LogP contribution in [0.1, 0.15) is 13.3 Å². The molecule has 0 aliphatic carbocycles. The van der Waals surface area contributed by atoms with Gasteiger partial charge in [0, 0.05) is 45.2 Å². The standard InChI is InChI=1S/C10H17N3O2/c1-8(15)13-5-10(6-13)11-9-2-3-12(4-9)7-14/h7,9-11H,2-6H2,1H3. The molecule has 0 spiro atoms. The molecule has 15 heavy (non-hydrogen) atoms. The quantitative estimate of drug-likeness (QED) is 0.612. The first-order valence-electron chi connectivity index (χ1n) is 5.40. The minimum atomic E-state index is 0.147. The Bertz CT molecular complexity index is 263. The van der Waals surface area contributed by atoms with Crippen molar-refractivity contribution in [2.45, 2.75) is 25.4 Å². The highest BCUT2D eigenvalue weighted by molar-refractivity contribution is 5.74. The Morgan fingerprint density at radius 1 is 1.33 bits per heavy atom. The van der Waals surface area contributed by atoms with E-state index in [2.05, 4.69) is 5.32 Å². The first-order chi connectivity index (χ1) is 7.19. The molecule has 2 aliphatic heterocycles. The average molecular weight is 211 g/mol. The van der Waals surface area contributed by atoms with Gasteiger partial charge in [0.25, 0.3) is 0 Å². The lowest BCUT2D eigenvalue weighted by atomic mass is 10.1. The first kappa shape index (κ1) is 10.4. The van der Waals surface area contributed by atoms with E-state index in [1.165, 1.54) is 0 Å². The normalized spacial score (nSPS) is 26.6. The smallest absolute Gasteiger partial charge is 0.219 e. The second-order valence-electron chi connectivity index (χ2n) is 4.37. The van der Waals surface area contributed by atoms with Gasteiger partial charge in [-0.05, 0) is 6.42 Å². The van der Waals surface area contributed by atoms with Gasteiger partial charge in [-0.25, -0.2) is 0 Å². The highest BCUT2D eigenvalue weighted by atomic mass is 16.2. The molecule has 2 amide bonds. The van der Waals surface area contributed by atoms with Crippen LogP contribution in [0, 0.1) is 0 Å². The number of hydrogen-bond donors (Lipinski definition) is 1. The zero-order valence-electron chi connectivity index (χ0n) is 8.98. The van der Waals surface area contributed by atoms with Gasteiger partial charge in [-0.3, -0.25) is 9.59 Å². The van der Waals surface area contributed by atoms with Crippen molar-refractivity contribution < 1.29 is 9.59 Å². The minimum absolute atomic E-state index is 0.147. The number of likely N-dealkylation sites (tertiary alicyclic amines) is 2. The summed E-state index contributed by atoms with van der Waals surface area (Å²) in [5, 5.41) is 3.47. The monoisotopic (exact) mass is 211 g/mol. The fraction of sp³-hybridized carbons (Fsp3) is 0.800. The molecular formula is C10H17N3O2. The van der Waals surface area contributed by atoms with Gasteiger partial charge in [0.2, 0.25) is 12.3 Å². The Balaban J connectivity index is 1.68. The van der Waals surface area contributed by atoms with Crippen LogP contribution in [0.4, 0.5) is 0 Å². The molecule has 0 aromatic rings. The molecule has 0 radical (unpaired) electrons. The first-order valence-corrected chi connectivity index (χ1v) is 5.40. The Kier molecular flexibility index (Phi) is 2.90. The third-order valence-corrected chi connectivity index (χ3v) is 3.17. The summed E-state index contributed by atoms with van der Waals surface area (Å²) in [5.74, 6) is 0.147. The van der Waals surface area contributed by atoms with Crippen molar-refractivity contribution in [3.05, 3.63) is 0 Å². The van der Waals surface area contributed by atoms with Gasteiger partial charge in [0.05, 0.1) is 0 Å². The molecule has 0 aromatic carbocycles. The predicted octanol–water partition coefficient (Wildman–Crippen LogP) is -0.963. The molecule has 1 unspecified atom stereocenters. The van der Waals surface area contributed by atoms with Crippen LogP contribution in [0.15, 0.2) is 0 Å². The molecule has 0 saturated carbocycles. The fourth-order valence-electron chi connectivity index (χ4n) is 2.19. The van der Waals surface area contributed by atoms with Crippen LogP contribution in [-0.4, -0.2) is 60.4 Å². The van der Waals surface area contributed by atoms with Crippen molar-refractivity contribution in [3.63, 3.8) is 0 Å². The summed E-state index contributed by atoms with van der Waals surface area (Å²) < 4.78 is 0. The number of carbonyl (C=O) groups is 2. The van der Waals surface area contributed by atoms with Crippen molar-refractivity contribution in [2.75, 3.05) is 26.2 Å². The second-order valence-corrected chi connectivity index (χ2v) is 4.37. The Hall–Kier alpha value is -1.10. The van der Waals surface area contributed by atoms with E-state index in [1.807, 2.05) is 4.90 Å². The number of rotatable bonds is 3. The van der Waals surface area contributed by atoms with Gasteiger partial charge < -0.3 is 15.1 Å². The van der Waals surface area contributed by atoms with Crippen molar-refractivity contribution in [1.82, 2.24) is 15.1 Å². The molecule has 5 heteroatoms. The van der Waals surface area contributed by atoms with E-state index in [9.17, 15) is 9.59 Å². The highest BCUT2D eigenvalue weighted by Crippen LogP contribution is 2.12. The summed E-state index contributed by atoms with van der Waals surface area (Å²) in [7, 11) is 0. The molecule has 0 bridgehead atoms. The molecular weight excluding hydrogens is 194 g/mol. The van der Waals surface area contributed by atoms with E-state index in [0.29, 0.717) is 12.1 Å². The lowest BCUT2D eigenvalue weighted by Crippen LogP contribution is -2.61. The molecule has 1 atom stereocenters. The van der Waals surface area contributed by atoms with Gasteiger partial charge in [-0.15, -0.1) is 0 Å². The van der Waals surface area contributed by atoms with Crippen LogP contribution < -0.4 is 5.32 Å². The Morgan fingerprint density at radius 3 is 2.60 bits per heavy atom. The van der Waals surface area contributed by atoms with Crippen molar-refractivity contribution in [2.24, 2.45) is 0 Å².